The van der Waals surface area contributed by atoms with Gasteiger partial charge < -0.3 is 14.2 Å². The van der Waals surface area contributed by atoms with Crippen LogP contribution in [-0.2, 0) is 9.53 Å². The van der Waals surface area contributed by atoms with Crippen LogP contribution in [0.1, 0.15) is 64.4 Å². The van der Waals surface area contributed by atoms with Crippen molar-refractivity contribution in [3.05, 3.63) is 58.7 Å². The van der Waals surface area contributed by atoms with Gasteiger partial charge in [-0.15, -0.1) is 0 Å². The zero-order valence-corrected chi connectivity index (χ0v) is 15.9. The van der Waals surface area contributed by atoms with Crippen molar-refractivity contribution in [1.82, 2.24) is 0 Å². The van der Waals surface area contributed by atoms with Gasteiger partial charge in [0.15, 0.2) is 5.78 Å². The number of ether oxygens (including phenoxy) is 3. The van der Waals surface area contributed by atoms with E-state index in [1.54, 1.807) is 36.4 Å². The molecule has 1 atom stereocenters. The monoisotopic (exact) mass is 380 g/mol. The molecular formula is C22H20O6. The van der Waals surface area contributed by atoms with Crippen molar-refractivity contribution in [1.29, 1.82) is 0 Å². The summed E-state index contributed by atoms with van der Waals surface area (Å²) in [6.45, 7) is 3.73. The predicted molar refractivity (Wildman–Crippen MR) is 100.0 cm³/mol. The highest BCUT2D eigenvalue weighted by atomic mass is 16.5. The quantitative estimate of drug-likeness (QED) is 0.584. The highest BCUT2D eigenvalue weighted by Crippen LogP contribution is 2.48. The summed E-state index contributed by atoms with van der Waals surface area (Å²) >= 11 is 0. The van der Waals surface area contributed by atoms with E-state index in [1.807, 2.05) is 13.8 Å². The van der Waals surface area contributed by atoms with Crippen molar-refractivity contribution < 1.29 is 28.6 Å². The van der Waals surface area contributed by atoms with Gasteiger partial charge in [0.1, 0.15) is 17.1 Å². The third-order valence-electron chi connectivity index (χ3n) is 5.10. The van der Waals surface area contributed by atoms with Gasteiger partial charge >= 0.3 is 11.9 Å². The number of ketones is 1. The van der Waals surface area contributed by atoms with Crippen molar-refractivity contribution in [2.75, 3.05) is 7.11 Å². The first kappa shape index (κ1) is 18.2. The van der Waals surface area contributed by atoms with Crippen LogP contribution in [0.3, 0.4) is 0 Å². The average molecular weight is 380 g/mol. The molecule has 2 aromatic rings. The Morgan fingerprint density at radius 2 is 1.82 bits per heavy atom. The lowest BCUT2D eigenvalue weighted by Crippen LogP contribution is -2.37. The Balaban J connectivity index is 1.84. The number of hydrogen-bond donors (Lipinski definition) is 0. The summed E-state index contributed by atoms with van der Waals surface area (Å²) in [5.41, 5.74) is 1.82. The van der Waals surface area contributed by atoms with Crippen LogP contribution in [-0.4, -0.2) is 30.4 Å². The number of esters is 2. The molecule has 0 unspecified atom stereocenters. The Morgan fingerprint density at radius 3 is 2.50 bits per heavy atom. The van der Waals surface area contributed by atoms with Crippen LogP contribution in [0.4, 0.5) is 0 Å². The number of benzene rings is 2. The van der Waals surface area contributed by atoms with Gasteiger partial charge in [-0.05, 0) is 43.7 Å². The van der Waals surface area contributed by atoms with E-state index < -0.39 is 11.6 Å². The first-order chi connectivity index (χ1) is 13.3. The highest BCUT2D eigenvalue weighted by Gasteiger charge is 2.39. The molecule has 0 saturated heterocycles. The summed E-state index contributed by atoms with van der Waals surface area (Å²) in [5.74, 6) is -0.222. The maximum absolute atomic E-state index is 12.6. The number of carbonyl (C=O) groups is 3. The summed E-state index contributed by atoms with van der Waals surface area (Å²) < 4.78 is 16.3. The van der Waals surface area contributed by atoms with Crippen LogP contribution < -0.4 is 9.47 Å². The van der Waals surface area contributed by atoms with E-state index in [9.17, 15) is 14.4 Å². The minimum absolute atomic E-state index is 0.00531. The molecule has 6 nitrogen and oxygen atoms in total. The van der Waals surface area contributed by atoms with Crippen LogP contribution in [0.15, 0.2) is 36.4 Å². The smallest absolute Gasteiger partial charge is 0.337 e. The molecule has 0 saturated carbocycles. The summed E-state index contributed by atoms with van der Waals surface area (Å²) in [7, 11) is 1.33. The van der Waals surface area contributed by atoms with Gasteiger partial charge in [-0.1, -0.05) is 12.1 Å². The first-order valence-corrected chi connectivity index (χ1v) is 9.07. The normalized spacial score (nSPS) is 19.8. The van der Waals surface area contributed by atoms with Gasteiger partial charge in [0.25, 0.3) is 0 Å². The highest BCUT2D eigenvalue weighted by molar-refractivity contribution is 6.01. The van der Waals surface area contributed by atoms with E-state index in [-0.39, 0.29) is 30.5 Å². The van der Waals surface area contributed by atoms with Crippen molar-refractivity contribution >= 4 is 17.7 Å². The standard InChI is InChI=1S/C22H20O6/c1-22(2)11-16(23)14-8-9-17-19(20(14)28-22)15(10-18(24)27-17)12-4-6-13(7-5-12)21(25)26-3/h4-9,15H,10-11H2,1-3H3/t15-/m1/s1. The minimum Gasteiger partial charge on any atom is -0.486 e. The lowest BCUT2D eigenvalue weighted by atomic mass is 9.82. The van der Waals surface area contributed by atoms with Crippen LogP contribution >= 0.6 is 0 Å². The Morgan fingerprint density at radius 1 is 1.11 bits per heavy atom. The van der Waals surface area contributed by atoms with E-state index in [0.29, 0.717) is 28.2 Å². The summed E-state index contributed by atoms with van der Waals surface area (Å²) in [5, 5.41) is 0. The molecular weight excluding hydrogens is 360 g/mol. The fraction of sp³-hybridized carbons (Fsp3) is 0.318. The predicted octanol–water partition coefficient (Wildman–Crippen LogP) is 3.66. The van der Waals surface area contributed by atoms with Crippen molar-refractivity contribution in [2.24, 2.45) is 0 Å². The van der Waals surface area contributed by atoms with E-state index in [1.165, 1.54) is 7.11 Å². The van der Waals surface area contributed by atoms with Gasteiger partial charge in [0.05, 0.1) is 31.1 Å². The molecule has 4 rings (SSSR count). The number of fused-ring (bicyclic) bond motifs is 3. The molecule has 6 heteroatoms. The molecule has 2 aliphatic heterocycles. The molecule has 0 fully saturated rings. The maximum atomic E-state index is 12.6. The van der Waals surface area contributed by atoms with Gasteiger partial charge in [-0.2, -0.15) is 0 Å². The summed E-state index contributed by atoms with van der Waals surface area (Å²) in [6.07, 6.45) is 0.413. The second-order valence-corrected chi connectivity index (χ2v) is 7.66. The van der Waals surface area contributed by atoms with Crippen molar-refractivity contribution in [3.63, 3.8) is 0 Å². The number of methoxy groups -OCH3 is 1. The largest absolute Gasteiger partial charge is 0.486 e. The topological polar surface area (TPSA) is 78.9 Å². The van der Waals surface area contributed by atoms with Gasteiger partial charge in [-0.3, -0.25) is 9.59 Å². The second kappa shape index (κ2) is 6.48. The molecule has 0 N–H and O–H groups in total. The lowest BCUT2D eigenvalue weighted by molar-refractivity contribution is -0.135. The SMILES string of the molecule is COC(=O)c1ccc([C@H]2CC(=O)Oc3ccc4c(c32)OC(C)(C)CC4=O)cc1. The fourth-order valence-electron chi connectivity index (χ4n) is 3.81. The molecule has 0 amide bonds. The zero-order chi connectivity index (χ0) is 20.1. The van der Waals surface area contributed by atoms with Crippen molar-refractivity contribution in [2.45, 2.75) is 38.2 Å². The van der Waals surface area contributed by atoms with E-state index in [4.69, 9.17) is 14.2 Å². The van der Waals surface area contributed by atoms with Crippen LogP contribution in [0, 0.1) is 0 Å². The zero-order valence-electron chi connectivity index (χ0n) is 15.9. The molecule has 0 spiro atoms. The Kier molecular flexibility index (Phi) is 4.22. The molecule has 0 radical (unpaired) electrons. The average Bonchev–Trinajstić information content (AvgIpc) is 2.65. The third-order valence-corrected chi connectivity index (χ3v) is 5.10. The molecule has 0 aromatic heterocycles. The minimum atomic E-state index is -0.639. The Labute approximate surface area is 162 Å². The number of Topliss-reactive ketones (excluding diaryl/α,β-unsaturated/α-hetero) is 1. The Hall–Kier alpha value is -3.15. The molecule has 144 valence electrons. The molecule has 2 aliphatic rings. The lowest BCUT2D eigenvalue weighted by Gasteiger charge is -2.36. The first-order valence-electron chi connectivity index (χ1n) is 9.07. The van der Waals surface area contributed by atoms with E-state index in [2.05, 4.69) is 0 Å². The van der Waals surface area contributed by atoms with Crippen LogP contribution in [0.5, 0.6) is 11.5 Å². The van der Waals surface area contributed by atoms with Gasteiger partial charge in [-0.25, -0.2) is 4.79 Å². The second-order valence-electron chi connectivity index (χ2n) is 7.66. The van der Waals surface area contributed by atoms with Gasteiger partial charge in [0, 0.05) is 11.5 Å². The third kappa shape index (κ3) is 3.05. The van der Waals surface area contributed by atoms with E-state index in [0.717, 1.165) is 5.56 Å². The molecule has 2 aromatic carbocycles. The number of carbonyl (C=O) groups excluding carboxylic acids is 3. The Bertz CT molecular complexity index is 987. The number of rotatable bonds is 2. The molecule has 0 bridgehead atoms. The molecule has 2 heterocycles. The maximum Gasteiger partial charge on any atom is 0.337 e. The van der Waals surface area contributed by atoms with E-state index >= 15 is 0 Å². The van der Waals surface area contributed by atoms with Crippen LogP contribution in [0.2, 0.25) is 0 Å². The summed E-state index contributed by atoms with van der Waals surface area (Å²) in [4.78, 5) is 36.5. The van der Waals surface area contributed by atoms with Crippen LogP contribution in [0.25, 0.3) is 0 Å². The fourth-order valence-corrected chi connectivity index (χ4v) is 3.81. The number of hydrogen-bond acceptors (Lipinski definition) is 6. The van der Waals surface area contributed by atoms with Gasteiger partial charge in [0.2, 0.25) is 0 Å². The summed E-state index contributed by atoms with van der Waals surface area (Å²) in [6, 6.07) is 10.2. The van der Waals surface area contributed by atoms with Crippen molar-refractivity contribution in [3.8, 4) is 11.5 Å². The molecule has 0 aliphatic carbocycles. The molecule has 28 heavy (non-hydrogen) atoms.